The zero-order chi connectivity index (χ0) is 29.1. The molecule has 12 heteroatoms. The maximum absolute atomic E-state index is 13.9. The maximum atomic E-state index is 13.9. The number of Topliss-reactive ketones (excluding diaryl/α,β-unsaturated/α-hetero) is 1. The van der Waals surface area contributed by atoms with E-state index in [1.54, 1.807) is 40.7 Å². The van der Waals surface area contributed by atoms with Crippen molar-refractivity contribution in [2.45, 2.75) is 87.1 Å². The van der Waals surface area contributed by atoms with Crippen molar-refractivity contribution in [1.29, 1.82) is 0 Å². The minimum Gasteiger partial charge on any atom is -0.366 e. The van der Waals surface area contributed by atoms with E-state index in [1.165, 1.54) is 12.1 Å². The highest BCUT2D eigenvalue weighted by molar-refractivity contribution is 7.89. The normalized spacial score (nSPS) is 27.0. The number of amidine groups is 1. The fourth-order valence-corrected chi connectivity index (χ4v) is 8.30. The van der Waals surface area contributed by atoms with Crippen LogP contribution in [0.15, 0.2) is 58.4 Å². The number of nitrogens with zero attached hydrogens (tertiary/aromatic N) is 2. The van der Waals surface area contributed by atoms with Crippen LogP contribution in [0.5, 0.6) is 0 Å². The number of alkyl halides is 3. The molecule has 40 heavy (non-hydrogen) atoms. The van der Waals surface area contributed by atoms with Crippen LogP contribution in [0.3, 0.4) is 0 Å². The molecule has 3 aliphatic carbocycles. The molecule has 0 saturated heterocycles. The van der Waals surface area contributed by atoms with Crippen LogP contribution >= 0.6 is 23.2 Å². The molecule has 0 unspecified atom stereocenters. The van der Waals surface area contributed by atoms with E-state index >= 15 is 0 Å². The molecule has 1 heterocycles. The largest absolute Gasteiger partial charge is 0.389 e. The Morgan fingerprint density at radius 3 is 2.12 bits per heavy atom. The lowest BCUT2D eigenvalue weighted by Gasteiger charge is -2.73. The van der Waals surface area contributed by atoms with E-state index in [2.05, 4.69) is 10.3 Å². The van der Waals surface area contributed by atoms with E-state index in [0.717, 1.165) is 5.56 Å². The first-order valence-electron chi connectivity index (χ1n) is 13.0. The topological polar surface area (TPSA) is 78.8 Å². The standard InChI is InChI=1S/C28H30Cl2F3N3O3S/c1-25(2)23(22(37)4-3-13-28(31,32)33)34-24(35-25)26-15-27(16-26,17-26)36(14-18-5-7-19(29)8-6-18)40(38,39)21-11-9-20(30)10-12-21/h5-12,23H,3-4,13-17H2,1-2H3,(H,34,35)/t23-,26?,27?/m0/s1. The first-order chi connectivity index (χ1) is 18.6. The number of hydrogen-bond acceptors (Lipinski definition) is 5. The van der Waals surface area contributed by atoms with Gasteiger partial charge in [0.05, 0.1) is 10.4 Å². The number of halogens is 5. The Hall–Kier alpha value is -2.14. The van der Waals surface area contributed by atoms with Gasteiger partial charge in [-0.05, 0) is 81.5 Å². The molecule has 3 fully saturated rings. The van der Waals surface area contributed by atoms with Gasteiger partial charge in [-0.3, -0.25) is 9.79 Å². The zero-order valence-electron chi connectivity index (χ0n) is 22.1. The fourth-order valence-electron chi connectivity index (χ4n) is 6.29. The van der Waals surface area contributed by atoms with Gasteiger partial charge in [-0.25, -0.2) is 8.42 Å². The van der Waals surface area contributed by atoms with Crippen LogP contribution < -0.4 is 5.32 Å². The monoisotopic (exact) mass is 615 g/mol. The average molecular weight is 617 g/mol. The van der Waals surface area contributed by atoms with Crippen molar-refractivity contribution < 1.29 is 26.4 Å². The molecule has 6 nitrogen and oxygen atoms in total. The molecule has 2 aromatic carbocycles. The second-order valence-corrected chi connectivity index (χ2v) is 14.5. The van der Waals surface area contributed by atoms with Crippen molar-refractivity contribution in [2.24, 2.45) is 10.4 Å². The van der Waals surface area contributed by atoms with E-state index in [-0.39, 0.29) is 30.1 Å². The molecule has 3 saturated carbocycles. The number of carbonyl (C=O) groups excluding carboxylic acids is 1. The van der Waals surface area contributed by atoms with Gasteiger partial charge in [-0.2, -0.15) is 17.5 Å². The molecule has 216 valence electrons. The molecule has 4 aliphatic rings. The summed E-state index contributed by atoms with van der Waals surface area (Å²) < 4.78 is 67.1. The molecule has 1 N–H and O–H groups in total. The summed E-state index contributed by atoms with van der Waals surface area (Å²) in [6.45, 7) is 3.79. The third kappa shape index (κ3) is 5.40. The van der Waals surface area contributed by atoms with Crippen molar-refractivity contribution in [1.82, 2.24) is 9.62 Å². The van der Waals surface area contributed by atoms with Gasteiger partial charge in [0.25, 0.3) is 0 Å². The van der Waals surface area contributed by atoms with E-state index in [0.29, 0.717) is 35.1 Å². The van der Waals surface area contributed by atoms with Crippen LogP contribution in [-0.2, 0) is 21.4 Å². The van der Waals surface area contributed by atoms with Crippen LogP contribution in [0.4, 0.5) is 13.2 Å². The number of aliphatic imine (C=N–C) groups is 1. The van der Waals surface area contributed by atoms with Crippen molar-refractivity contribution in [3.63, 3.8) is 0 Å². The van der Waals surface area contributed by atoms with Crippen LogP contribution in [0.1, 0.15) is 57.9 Å². The molecule has 2 aromatic rings. The lowest BCUT2D eigenvalue weighted by molar-refractivity contribution is -0.151. The first kappa shape index (κ1) is 29.4. The summed E-state index contributed by atoms with van der Waals surface area (Å²) >= 11 is 12.0. The van der Waals surface area contributed by atoms with E-state index in [1.807, 2.05) is 13.8 Å². The zero-order valence-corrected chi connectivity index (χ0v) is 24.4. The van der Waals surface area contributed by atoms with Crippen LogP contribution in [0.2, 0.25) is 10.0 Å². The molecular weight excluding hydrogens is 586 g/mol. The molecule has 0 spiro atoms. The predicted octanol–water partition coefficient (Wildman–Crippen LogP) is 6.56. The lowest BCUT2D eigenvalue weighted by Crippen LogP contribution is -2.78. The Bertz CT molecular complexity index is 1420. The molecule has 6 rings (SSSR count). The number of benzene rings is 2. The summed E-state index contributed by atoms with van der Waals surface area (Å²) in [5, 5.41) is 4.33. The molecule has 0 aromatic heterocycles. The number of hydrogen-bond donors (Lipinski definition) is 1. The van der Waals surface area contributed by atoms with Gasteiger partial charge in [-0.15, -0.1) is 0 Å². The van der Waals surface area contributed by atoms with Crippen LogP contribution in [-0.4, -0.2) is 47.6 Å². The maximum Gasteiger partial charge on any atom is 0.389 e. The van der Waals surface area contributed by atoms with Gasteiger partial charge in [0.15, 0.2) is 5.78 Å². The van der Waals surface area contributed by atoms with Gasteiger partial charge >= 0.3 is 6.18 Å². The summed E-state index contributed by atoms with van der Waals surface area (Å²) in [6.07, 6.45) is -4.20. The molecule has 0 amide bonds. The lowest BCUT2D eigenvalue weighted by atomic mass is 9.38. The van der Waals surface area contributed by atoms with Crippen molar-refractivity contribution >= 4 is 44.8 Å². The van der Waals surface area contributed by atoms with E-state index in [9.17, 15) is 26.4 Å². The molecule has 0 radical (unpaired) electrons. The second kappa shape index (κ2) is 10.00. The smallest absolute Gasteiger partial charge is 0.366 e. The van der Waals surface area contributed by atoms with E-state index in [4.69, 9.17) is 23.2 Å². The number of sulfonamides is 1. The molecule has 1 aliphatic heterocycles. The molecule has 2 bridgehead atoms. The Balaban J connectivity index is 1.36. The molecular formula is C28H30Cl2F3N3O3S. The quantitative estimate of drug-likeness (QED) is 0.328. The number of nitrogens with one attached hydrogen (secondary N) is 1. The van der Waals surface area contributed by atoms with Crippen LogP contribution in [0, 0.1) is 5.41 Å². The Morgan fingerprint density at radius 2 is 1.57 bits per heavy atom. The first-order valence-corrected chi connectivity index (χ1v) is 15.2. The van der Waals surface area contributed by atoms with Gasteiger partial charge < -0.3 is 5.32 Å². The number of ketones is 1. The Kier molecular flexibility index (Phi) is 7.34. The Labute approximate surface area is 242 Å². The summed E-state index contributed by atoms with van der Waals surface area (Å²) in [7, 11) is -3.89. The van der Waals surface area contributed by atoms with Crippen molar-refractivity contribution in [2.75, 3.05) is 0 Å². The average Bonchev–Trinajstić information content (AvgIpc) is 3.12. The van der Waals surface area contributed by atoms with Gasteiger partial charge in [0.2, 0.25) is 10.0 Å². The van der Waals surface area contributed by atoms with Gasteiger partial charge in [-0.1, -0.05) is 35.3 Å². The minimum atomic E-state index is -4.30. The Morgan fingerprint density at radius 1 is 1.02 bits per heavy atom. The van der Waals surface area contributed by atoms with E-state index < -0.39 is 45.2 Å². The third-order valence-electron chi connectivity index (χ3n) is 8.25. The highest BCUT2D eigenvalue weighted by Crippen LogP contribution is 2.71. The number of carbonyl (C=O) groups is 1. The fraction of sp³-hybridized carbons (Fsp3) is 0.500. The van der Waals surface area contributed by atoms with Crippen molar-refractivity contribution in [3.05, 3.63) is 64.1 Å². The molecule has 1 atom stereocenters. The summed E-state index contributed by atoms with van der Waals surface area (Å²) in [5.41, 5.74) is -0.971. The predicted molar refractivity (Wildman–Crippen MR) is 148 cm³/mol. The third-order valence-corrected chi connectivity index (χ3v) is 10.7. The SMILES string of the molecule is CC1(C)NC(C23CC(N(Cc4ccc(Cl)cc4)S(=O)(=O)c4ccc(Cl)cc4)(C2)C3)=N[C@H]1C(=O)CCCC(F)(F)F. The summed E-state index contributed by atoms with van der Waals surface area (Å²) in [5.74, 6) is 0.316. The van der Waals surface area contributed by atoms with Gasteiger partial charge in [0, 0.05) is 40.4 Å². The summed E-state index contributed by atoms with van der Waals surface area (Å²) in [6, 6.07) is 12.3. The minimum absolute atomic E-state index is 0.145. The van der Waals surface area contributed by atoms with Crippen molar-refractivity contribution in [3.8, 4) is 0 Å². The van der Waals surface area contributed by atoms with Crippen LogP contribution in [0.25, 0.3) is 0 Å². The van der Waals surface area contributed by atoms with Gasteiger partial charge in [0.1, 0.15) is 11.9 Å². The number of rotatable bonds is 10. The highest BCUT2D eigenvalue weighted by Gasteiger charge is 2.75. The highest BCUT2D eigenvalue weighted by atomic mass is 35.5. The second-order valence-electron chi connectivity index (χ2n) is 11.8. The summed E-state index contributed by atoms with van der Waals surface area (Å²) in [4.78, 5) is 17.7.